The highest BCUT2D eigenvalue weighted by Gasteiger charge is 2.16. The van der Waals surface area contributed by atoms with Crippen LogP contribution >= 0.6 is 11.8 Å². The number of aromatic nitrogens is 2. The minimum Gasteiger partial charge on any atom is -0.300 e. The van der Waals surface area contributed by atoms with Gasteiger partial charge in [-0.05, 0) is 24.5 Å². The first kappa shape index (κ1) is 13.9. The molecular weight excluding hydrogens is 277 g/mol. The van der Waals surface area contributed by atoms with Gasteiger partial charge in [0.25, 0.3) is 5.56 Å². The molecule has 0 saturated carbocycles. The molecule has 0 aliphatic heterocycles. The maximum Gasteiger partial charge on any atom is 0.270 e. The standard InChI is InChI=1S/C14H8FN3OS/c1-3-8-4-5-9(15)6-10(8)12-11(7-16)13(19)18-14(17-12)20-2/h1,4-6H,2H3,(H,17,18,19). The number of halogens is 1. The van der Waals surface area contributed by atoms with Gasteiger partial charge in [0.2, 0.25) is 0 Å². The number of H-pyrrole nitrogens is 1. The fourth-order valence-corrected chi connectivity index (χ4v) is 2.06. The Balaban J connectivity index is 2.86. The topological polar surface area (TPSA) is 69.5 Å². The Hall–Kier alpha value is -2.57. The van der Waals surface area contributed by atoms with Crippen LogP contribution in [0.3, 0.4) is 0 Å². The SMILES string of the molecule is C#Cc1ccc(F)cc1-c1nc(SC)[nH]c(=O)c1C#N. The van der Waals surface area contributed by atoms with E-state index in [0.717, 1.165) is 0 Å². The summed E-state index contributed by atoms with van der Waals surface area (Å²) in [6.07, 6.45) is 7.09. The maximum atomic E-state index is 13.4. The summed E-state index contributed by atoms with van der Waals surface area (Å²) in [6.45, 7) is 0. The van der Waals surface area contributed by atoms with E-state index in [1.54, 1.807) is 12.3 Å². The predicted octanol–water partition coefficient (Wildman–Crippen LogP) is 2.15. The highest BCUT2D eigenvalue weighted by Crippen LogP contribution is 2.25. The molecule has 0 aliphatic rings. The third kappa shape index (κ3) is 2.42. The van der Waals surface area contributed by atoms with Gasteiger partial charge in [0, 0.05) is 11.1 Å². The van der Waals surface area contributed by atoms with Crippen molar-refractivity contribution in [1.82, 2.24) is 9.97 Å². The lowest BCUT2D eigenvalue weighted by Crippen LogP contribution is -2.15. The van der Waals surface area contributed by atoms with Gasteiger partial charge in [0.05, 0.1) is 5.69 Å². The van der Waals surface area contributed by atoms with Crippen molar-refractivity contribution in [3.8, 4) is 29.7 Å². The third-order valence-corrected chi connectivity index (χ3v) is 3.18. The number of benzene rings is 1. The molecule has 1 N–H and O–H groups in total. The van der Waals surface area contributed by atoms with Crippen LogP contribution in [0.4, 0.5) is 4.39 Å². The fourth-order valence-electron chi connectivity index (χ4n) is 1.69. The van der Waals surface area contributed by atoms with Crippen LogP contribution in [-0.2, 0) is 0 Å². The van der Waals surface area contributed by atoms with Crippen molar-refractivity contribution in [2.75, 3.05) is 6.26 Å². The molecule has 20 heavy (non-hydrogen) atoms. The molecule has 4 nitrogen and oxygen atoms in total. The lowest BCUT2D eigenvalue weighted by molar-refractivity contribution is 0.628. The first-order chi connectivity index (χ1) is 9.60. The molecule has 2 aromatic rings. The number of aromatic amines is 1. The zero-order chi connectivity index (χ0) is 14.7. The minimum absolute atomic E-state index is 0.0908. The van der Waals surface area contributed by atoms with Crippen LogP contribution in [0.1, 0.15) is 11.1 Å². The van der Waals surface area contributed by atoms with E-state index in [0.29, 0.717) is 10.7 Å². The largest absolute Gasteiger partial charge is 0.300 e. The number of nitrogens with one attached hydrogen (secondary N) is 1. The number of hydrogen-bond acceptors (Lipinski definition) is 4. The summed E-state index contributed by atoms with van der Waals surface area (Å²) in [5.74, 6) is 1.88. The fraction of sp³-hybridized carbons (Fsp3) is 0.0714. The molecule has 0 spiro atoms. The molecule has 0 saturated heterocycles. The molecule has 1 aromatic carbocycles. The van der Waals surface area contributed by atoms with Crippen LogP contribution in [0.15, 0.2) is 28.2 Å². The summed E-state index contributed by atoms with van der Waals surface area (Å²) < 4.78 is 13.4. The summed E-state index contributed by atoms with van der Waals surface area (Å²) in [5, 5.41) is 9.42. The highest BCUT2D eigenvalue weighted by atomic mass is 32.2. The van der Waals surface area contributed by atoms with E-state index < -0.39 is 11.4 Å². The van der Waals surface area contributed by atoms with Crippen LogP contribution in [-0.4, -0.2) is 16.2 Å². The molecular formula is C14H8FN3OS. The molecule has 1 aromatic heterocycles. The molecule has 0 bridgehead atoms. The van der Waals surface area contributed by atoms with Gasteiger partial charge < -0.3 is 4.98 Å². The number of rotatable bonds is 2. The number of nitriles is 1. The zero-order valence-corrected chi connectivity index (χ0v) is 11.2. The van der Waals surface area contributed by atoms with E-state index in [4.69, 9.17) is 11.7 Å². The van der Waals surface area contributed by atoms with Crippen molar-refractivity contribution >= 4 is 11.8 Å². The van der Waals surface area contributed by atoms with Crippen molar-refractivity contribution in [2.45, 2.75) is 5.16 Å². The Morgan fingerprint density at radius 1 is 1.50 bits per heavy atom. The summed E-state index contributed by atoms with van der Waals surface area (Å²) in [7, 11) is 0. The molecule has 98 valence electrons. The van der Waals surface area contributed by atoms with Crippen LogP contribution in [0.2, 0.25) is 0 Å². The molecule has 6 heteroatoms. The summed E-state index contributed by atoms with van der Waals surface area (Å²) in [6, 6.07) is 5.57. The first-order valence-electron chi connectivity index (χ1n) is 5.45. The van der Waals surface area contributed by atoms with Gasteiger partial charge in [-0.15, -0.1) is 6.42 Å². The van der Waals surface area contributed by atoms with E-state index in [-0.39, 0.29) is 16.8 Å². The number of hydrogen-bond donors (Lipinski definition) is 1. The van der Waals surface area contributed by atoms with Gasteiger partial charge >= 0.3 is 0 Å². The van der Waals surface area contributed by atoms with Gasteiger partial charge in [-0.1, -0.05) is 17.7 Å². The maximum absolute atomic E-state index is 13.4. The van der Waals surface area contributed by atoms with Crippen molar-refractivity contribution in [2.24, 2.45) is 0 Å². The van der Waals surface area contributed by atoms with Crippen molar-refractivity contribution < 1.29 is 4.39 Å². The monoisotopic (exact) mass is 285 g/mol. The molecule has 0 atom stereocenters. The van der Waals surface area contributed by atoms with Gasteiger partial charge in [0.15, 0.2) is 5.16 Å². The highest BCUT2D eigenvalue weighted by molar-refractivity contribution is 7.98. The normalized spacial score (nSPS) is 9.80. The second kappa shape index (κ2) is 5.60. The average Bonchev–Trinajstić information content (AvgIpc) is 2.46. The van der Waals surface area contributed by atoms with E-state index in [2.05, 4.69) is 15.9 Å². The van der Waals surface area contributed by atoms with Gasteiger partial charge in [0.1, 0.15) is 17.4 Å². The van der Waals surface area contributed by atoms with Crippen molar-refractivity contribution in [1.29, 1.82) is 5.26 Å². The second-order valence-electron chi connectivity index (χ2n) is 3.74. The number of thioether (sulfide) groups is 1. The molecule has 0 radical (unpaired) electrons. The summed E-state index contributed by atoms with van der Waals surface area (Å²) >= 11 is 1.21. The lowest BCUT2D eigenvalue weighted by atomic mass is 10.0. The second-order valence-corrected chi connectivity index (χ2v) is 4.54. The van der Waals surface area contributed by atoms with Gasteiger partial charge in [-0.25, -0.2) is 9.37 Å². The number of nitrogens with zero attached hydrogens (tertiary/aromatic N) is 2. The molecule has 1 heterocycles. The van der Waals surface area contributed by atoms with Crippen molar-refractivity contribution in [3.05, 3.63) is 45.5 Å². The Labute approximate surface area is 118 Å². The number of terminal acetylenes is 1. The van der Waals surface area contributed by atoms with Crippen LogP contribution in [0, 0.1) is 29.5 Å². The van der Waals surface area contributed by atoms with Gasteiger partial charge in [-0.3, -0.25) is 4.79 Å². The predicted molar refractivity (Wildman–Crippen MR) is 74.7 cm³/mol. The molecule has 2 rings (SSSR count). The molecule has 0 unspecified atom stereocenters. The average molecular weight is 285 g/mol. The van der Waals surface area contributed by atoms with Crippen molar-refractivity contribution in [3.63, 3.8) is 0 Å². The van der Waals surface area contributed by atoms with E-state index >= 15 is 0 Å². The minimum atomic E-state index is -0.575. The van der Waals surface area contributed by atoms with Crippen LogP contribution < -0.4 is 5.56 Å². The third-order valence-electron chi connectivity index (χ3n) is 2.60. The van der Waals surface area contributed by atoms with Crippen LogP contribution in [0.5, 0.6) is 0 Å². The smallest absolute Gasteiger partial charge is 0.270 e. The van der Waals surface area contributed by atoms with E-state index in [1.807, 2.05) is 0 Å². The summed E-state index contributed by atoms with van der Waals surface area (Å²) in [4.78, 5) is 18.5. The lowest BCUT2D eigenvalue weighted by Gasteiger charge is -2.07. The Morgan fingerprint density at radius 2 is 2.25 bits per heavy atom. The van der Waals surface area contributed by atoms with Crippen LogP contribution in [0.25, 0.3) is 11.3 Å². The van der Waals surface area contributed by atoms with Gasteiger partial charge in [-0.2, -0.15) is 5.26 Å². The summed E-state index contributed by atoms with van der Waals surface area (Å²) in [5.41, 5.74) is -0.0504. The Morgan fingerprint density at radius 3 is 2.85 bits per heavy atom. The zero-order valence-electron chi connectivity index (χ0n) is 10.4. The van der Waals surface area contributed by atoms with E-state index in [9.17, 15) is 9.18 Å². The first-order valence-corrected chi connectivity index (χ1v) is 6.68. The molecule has 0 amide bonds. The Kier molecular flexibility index (Phi) is 3.88. The molecule has 0 fully saturated rings. The molecule has 0 aliphatic carbocycles. The quantitative estimate of drug-likeness (QED) is 0.521. The Bertz CT molecular complexity index is 815. The van der Waals surface area contributed by atoms with E-state index in [1.165, 1.54) is 30.0 Å².